The zero-order chi connectivity index (χ0) is 20.1. The second-order valence-corrected chi connectivity index (χ2v) is 8.87. The van der Waals surface area contributed by atoms with Crippen molar-refractivity contribution in [2.24, 2.45) is 0 Å². The Morgan fingerprint density at radius 2 is 1.86 bits per heavy atom. The standard InChI is InChI=1S/C20H23FN2O4S/c1-2-27-18-9-8-16(14-17(18)21)22-20(24)19(15-6-4-3-5-7-15)23-10-12-28(25,26)13-11-23/h3-9,14,19H,2,10-13H2,1H3,(H,22,24). The van der Waals surface area contributed by atoms with Gasteiger partial charge in [-0.2, -0.15) is 0 Å². The zero-order valence-corrected chi connectivity index (χ0v) is 16.4. The van der Waals surface area contributed by atoms with Crippen LogP contribution in [0.15, 0.2) is 48.5 Å². The predicted octanol–water partition coefficient (Wildman–Crippen LogP) is 2.63. The first kappa shape index (κ1) is 20.3. The molecule has 0 saturated carbocycles. The van der Waals surface area contributed by atoms with Crippen molar-refractivity contribution in [2.75, 3.05) is 36.5 Å². The number of sulfone groups is 1. The Hall–Kier alpha value is -2.45. The van der Waals surface area contributed by atoms with Crippen molar-refractivity contribution in [1.29, 1.82) is 0 Å². The maximum absolute atomic E-state index is 14.1. The molecule has 6 nitrogen and oxygen atoms in total. The number of halogens is 1. The molecule has 1 aliphatic heterocycles. The van der Waals surface area contributed by atoms with E-state index in [0.717, 1.165) is 5.56 Å². The summed E-state index contributed by atoms with van der Waals surface area (Å²) in [5, 5.41) is 2.74. The molecule has 0 radical (unpaired) electrons. The van der Waals surface area contributed by atoms with Gasteiger partial charge < -0.3 is 10.1 Å². The summed E-state index contributed by atoms with van der Waals surface area (Å²) >= 11 is 0. The van der Waals surface area contributed by atoms with Crippen LogP contribution >= 0.6 is 0 Å². The van der Waals surface area contributed by atoms with Gasteiger partial charge in [-0.05, 0) is 24.6 Å². The van der Waals surface area contributed by atoms with Gasteiger partial charge in [0.1, 0.15) is 6.04 Å². The highest BCUT2D eigenvalue weighted by Gasteiger charge is 2.32. The molecule has 0 aliphatic carbocycles. The number of benzene rings is 2. The van der Waals surface area contributed by atoms with Crippen molar-refractivity contribution in [1.82, 2.24) is 4.90 Å². The SMILES string of the molecule is CCOc1ccc(NC(=O)C(c2ccccc2)N2CCS(=O)(=O)CC2)cc1F. The molecule has 1 atom stereocenters. The monoisotopic (exact) mass is 406 g/mol. The van der Waals surface area contributed by atoms with E-state index in [0.29, 0.717) is 12.3 Å². The molecule has 2 aromatic rings. The van der Waals surface area contributed by atoms with E-state index in [1.54, 1.807) is 13.0 Å². The third-order valence-electron chi connectivity index (χ3n) is 4.61. The summed E-state index contributed by atoms with van der Waals surface area (Å²) in [5.74, 6) is -0.738. The number of nitrogens with one attached hydrogen (secondary N) is 1. The van der Waals surface area contributed by atoms with E-state index in [-0.39, 0.29) is 36.3 Å². The summed E-state index contributed by atoms with van der Waals surface area (Å²) in [4.78, 5) is 14.9. The molecule has 1 amide bonds. The fourth-order valence-electron chi connectivity index (χ4n) is 3.21. The Morgan fingerprint density at radius 1 is 1.18 bits per heavy atom. The Morgan fingerprint density at radius 3 is 2.46 bits per heavy atom. The smallest absolute Gasteiger partial charge is 0.246 e. The van der Waals surface area contributed by atoms with Crippen LogP contribution in [0.2, 0.25) is 0 Å². The molecule has 3 rings (SSSR count). The van der Waals surface area contributed by atoms with E-state index >= 15 is 0 Å². The zero-order valence-electron chi connectivity index (χ0n) is 15.6. The average molecular weight is 406 g/mol. The van der Waals surface area contributed by atoms with Crippen molar-refractivity contribution in [3.63, 3.8) is 0 Å². The lowest BCUT2D eigenvalue weighted by atomic mass is 10.0. The van der Waals surface area contributed by atoms with Gasteiger partial charge in [-0.15, -0.1) is 0 Å². The first-order valence-electron chi connectivity index (χ1n) is 9.12. The van der Waals surface area contributed by atoms with Gasteiger partial charge in [-0.25, -0.2) is 12.8 Å². The largest absolute Gasteiger partial charge is 0.491 e. The topological polar surface area (TPSA) is 75.7 Å². The molecule has 28 heavy (non-hydrogen) atoms. The first-order valence-corrected chi connectivity index (χ1v) is 10.9. The molecular weight excluding hydrogens is 383 g/mol. The van der Waals surface area contributed by atoms with Gasteiger partial charge >= 0.3 is 0 Å². The fourth-order valence-corrected chi connectivity index (χ4v) is 4.44. The number of ether oxygens (including phenoxy) is 1. The number of amides is 1. The van der Waals surface area contributed by atoms with Crippen LogP contribution in [0, 0.1) is 5.82 Å². The van der Waals surface area contributed by atoms with Gasteiger partial charge in [0.25, 0.3) is 0 Å². The molecule has 2 aromatic carbocycles. The third-order valence-corrected chi connectivity index (χ3v) is 6.22. The average Bonchev–Trinajstić information content (AvgIpc) is 2.66. The highest BCUT2D eigenvalue weighted by molar-refractivity contribution is 7.91. The Balaban J connectivity index is 1.82. The maximum atomic E-state index is 14.1. The normalized spacial score (nSPS) is 17.6. The minimum absolute atomic E-state index is 0.0152. The van der Waals surface area contributed by atoms with E-state index in [2.05, 4.69) is 5.32 Å². The van der Waals surface area contributed by atoms with Gasteiger partial charge in [0.2, 0.25) is 5.91 Å². The van der Waals surface area contributed by atoms with Crippen LogP contribution in [0.4, 0.5) is 10.1 Å². The molecule has 1 N–H and O–H groups in total. The van der Waals surface area contributed by atoms with Crippen LogP contribution in [0.5, 0.6) is 5.75 Å². The summed E-state index contributed by atoms with van der Waals surface area (Å²) in [6.45, 7) is 2.65. The highest BCUT2D eigenvalue weighted by atomic mass is 32.2. The van der Waals surface area contributed by atoms with Crippen LogP contribution < -0.4 is 10.1 Å². The van der Waals surface area contributed by atoms with Crippen LogP contribution in [0.1, 0.15) is 18.5 Å². The van der Waals surface area contributed by atoms with E-state index in [1.165, 1.54) is 12.1 Å². The number of hydrogen-bond acceptors (Lipinski definition) is 5. The molecule has 1 unspecified atom stereocenters. The molecule has 8 heteroatoms. The molecule has 0 aromatic heterocycles. The third kappa shape index (κ3) is 4.88. The van der Waals surface area contributed by atoms with E-state index < -0.39 is 21.7 Å². The van der Waals surface area contributed by atoms with Crippen molar-refractivity contribution in [2.45, 2.75) is 13.0 Å². The second kappa shape index (κ2) is 8.70. The van der Waals surface area contributed by atoms with Gasteiger partial charge in [0.15, 0.2) is 21.4 Å². The summed E-state index contributed by atoms with van der Waals surface area (Å²) in [6, 6.07) is 12.8. The van der Waals surface area contributed by atoms with E-state index in [1.807, 2.05) is 35.2 Å². The minimum Gasteiger partial charge on any atom is -0.491 e. The molecule has 1 fully saturated rings. The lowest BCUT2D eigenvalue weighted by Gasteiger charge is -2.33. The van der Waals surface area contributed by atoms with Gasteiger partial charge in [-0.3, -0.25) is 9.69 Å². The number of carbonyl (C=O) groups is 1. The quantitative estimate of drug-likeness (QED) is 0.798. The lowest BCUT2D eigenvalue weighted by Crippen LogP contribution is -2.46. The number of anilines is 1. The molecule has 1 aliphatic rings. The second-order valence-electron chi connectivity index (χ2n) is 6.57. The Labute approximate surface area is 164 Å². The van der Waals surface area contributed by atoms with Crippen molar-refractivity contribution >= 4 is 21.4 Å². The molecule has 0 spiro atoms. The summed E-state index contributed by atoms with van der Waals surface area (Å²) in [5.41, 5.74) is 1.07. The lowest BCUT2D eigenvalue weighted by molar-refractivity contribution is -0.121. The van der Waals surface area contributed by atoms with Crippen molar-refractivity contribution in [3.8, 4) is 5.75 Å². The van der Waals surface area contributed by atoms with Crippen molar-refractivity contribution < 1.29 is 22.3 Å². The first-order chi connectivity index (χ1) is 13.4. The number of nitrogens with zero attached hydrogens (tertiary/aromatic N) is 1. The number of hydrogen-bond donors (Lipinski definition) is 1. The van der Waals surface area contributed by atoms with Gasteiger partial charge in [0.05, 0.1) is 18.1 Å². The summed E-state index contributed by atoms with van der Waals surface area (Å²) in [6.07, 6.45) is 0. The minimum atomic E-state index is -3.07. The van der Waals surface area contributed by atoms with E-state index in [4.69, 9.17) is 4.74 Å². The molecule has 1 saturated heterocycles. The van der Waals surface area contributed by atoms with Gasteiger partial charge in [-0.1, -0.05) is 30.3 Å². The van der Waals surface area contributed by atoms with Crippen LogP contribution in [-0.2, 0) is 14.6 Å². The Kier molecular flexibility index (Phi) is 6.31. The van der Waals surface area contributed by atoms with Crippen LogP contribution in [0.25, 0.3) is 0 Å². The Bertz CT molecular complexity index is 920. The summed E-state index contributed by atoms with van der Waals surface area (Å²) < 4.78 is 42.8. The highest BCUT2D eigenvalue weighted by Crippen LogP contribution is 2.26. The number of carbonyl (C=O) groups excluding carboxylic acids is 1. The fraction of sp³-hybridized carbons (Fsp3) is 0.350. The molecule has 150 valence electrons. The van der Waals surface area contributed by atoms with Crippen molar-refractivity contribution in [3.05, 3.63) is 59.9 Å². The van der Waals surface area contributed by atoms with Crippen LogP contribution in [-0.4, -0.2) is 50.4 Å². The predicted molar refractivity (Wildman–Crippen MR) is 106 cm³/mol. The molecular formula is C20H23FN2O4S. The molecule has 1 heterocycles. The number of rotatable bonds is 6. The van der Waals surface area contributed by atoms with Crippen LogP contribution in [0.3, 0.4) is 0 Å². The maximum Gasteiger partial charge on any atom is 0.246 e. The summed E-state index contributed by atoms with van der Waals surface area (Å²) in [7, 11) is -3.07. The van der Waals surface area contributed by atoms with Gasteiger partial charge in [0, 0.05) is 24.8 Å². The van der Waals surface area contributed by atoms with E-state index in [9.17, 15) is 17.6 Å². The molecule has 0 bridgehead atoms.